The van der Waals surface area contributed by atoms with Crippen molar-refractivity contribution in [1.29, 1.82) is 0 Å². The van der Waals surface area contributed by atoms with Crippen molar-refractivity contribution in [3.8, 4) is 0 Å². The largest absolute Gasteiger partial charge is 0.463 e. The second kappa shape index (κ2) is 17.8. The van der Waals surface area contributed by atoms with Gasteiger partial charge in [-0.15, -0.1) is 13.2 Å². The summed E-state index contributed by atoms with van der Waals surface area (Å²) in [6.07, 6.45) is 7.13. The molecule has 3 rings (SSSR count). The predicted octanol–water partition coefficient (Wildman–Crippen LogP) is 4.20. The Balaban J connectivity index is 1.70. The number of rotatable bonds is 18. The quantitative estimate of drug-likeness (QED) is 0.172. The van der Waals surface area contributed by atoms with Crippen LogP contribution >= 0.6 is 0 Å². The highest BCUT2D eigenvalue weighted by atomic mass is 16.6. The van der Waals surface area contributed by atoms with Crippen LogP contribution in [0.15, 0.2) is 86.0 Å². The average Bonchev–Trinajstić information content (AvgIpc) is 3.50. The third kappa shape index (κ3) is 10.8. The lowest BCUT2D eigenvalue weighted by molar-refractivity contribution is -0.157. The number of nitrogens with one attached hydrogen (secondary N) is 2. The van der Waals surface area contributed by atoms with E-state index < -0.39 is 47.9 Å². The summed E-state index contributed by atoms with van der Waals surface area (Å²) < 4.78 is 11.0. The van der Waals surface area contributed by atoms with E-state index in [9.17, 15) is 24.3 Å². The van der Waals surface area contributed by atoms with Crippen LogP contribution in [0.3, 0.4) is 0 Å². The molecule has 0 saturated heterocycles. The zero-order chi connectivity index (χ0) is 31.8. The Morgan fingerprint density at radius 3 is 2.02 bits per heavy atom. The Bertz CT molecular complexity index is 1240. The summed E-state index contributed by atoms with van der Waals surface area (Å²) in [5, 5.41) is 15.4. The molecular formula is C35H44N2O7. The van der Waals surface area contributed by atoms with Crippen LogP contribution in [-0.4, -0.2) is 53.7 Å². The highest BCUT2D eigenvalue weighted by molar-refractivity contribution is 5.89. The maximum atomic E-state index is 13.4. The molecule has 1 aliphatic carbocycles. The van der Waals surface area contributed by atoms with Crippen LogP contribution in [0.4, 0.5) is 0 Å². The van der Waals surface area contributed by atoms with Crippen molar-refractivity contribution in [2.24, 2.45) is 11.8 Å². The SMILES string of the molecule is C=CC[C@H](CC(=O)NC1(CO)CCCC1)C(=O)N[C@H](COC(=O)[C@@H](CC=C)Cc1ccccc1)C(=O)OCc1ccccc1. The Morgan fingerprint density at radius 1 is 0.841 bits per heavy atom. The highest BCUT2D eigenvalue weighted by Crippen LogP contribution is 2.29. The zero-order valence-electron chi connectivity index (χ0n) is 25.2. The summed E-state index contributed by atoms with van der Waals surface area (Å²) in [4.78, 5) is 52.7. The average molecular weight is 605 g/mol. The van der Waals surface area contributed by atoms with Crippen LogP contribution in [0.25, 0.3) is 0 Å². The van der Waals surface area contributed by atoms with Crippen molar-refractivity contribution < 1.29 is 33.8 Å². The lowest BCUT2D eigenvalue weighted by Gasteiger charge is -2.29. The van der Waals surface area contributed by atoms with Crippen molar-refractivity contribution in [3.05, 3.63) is 97.1 Å². The molecule has 9 nitrogen and oxygen atoms in total. The van der Waals surface area contributed by atoms with Crippen LogP contribution in [0.2, 0.25) is 0 Å². The van der Waals surface area contributed by atoms with Crippen LogP contribution in [0, 0.1) is 11.8 Å². The van der Waals surface area contributed by atoms with Gasteiger partial charge in [-0.25, -0.2) is 4.79 Å². The highest BCUT2D eigenvalue weighted by Gasteiger charge is 2.36. The van der Waals surface area contributed by atoms with Crippen LogP contribution in [0.5, 0.6) is 0 Å². The lowest BCUT2D eigenvalue weighted by Crippen LogP contribution is -2.51. The number of aliphatic hydroxyl groups excluding tert-OH is 1. The number of carbonyl (C=O) groups excluding carboxylic acids is 4. The number of aliphatic hydroxyl groups is 1. The summed E-state index contributed by atoms with van der Waals surface area (Å²) in [5.74, 6) is -3.61. The number of hydrogen-bond acceptors (Lipinski definition) is 7. The maximum absolute atomic E-state index is 13.4. The van der Waals surface area contributed by atoms with Gasteiger partial charge in [0, 0.05) is 6.42 Å². The summed E-state index contributed by atoms with van der Waals surface area (Å²) in [5.41, 5.74) is 1.03. The predicted molar refractivity (Wildman–Crippen MR) is 167 cm³/mol. The van der Waals surface area contributed by atoms with Gasteiger partial charge in [-0.2, -0.15) is 0 Å². The molecule has 44 heavy (non-hydrogen) atoms. The van der Waals surface area contributed by atoms with Gasteiger partial charge in [-0.3, -0.25) is 14.4 Å². The fraction of sp³-hybridized carbons (Fsp3) is 0.429. The molecule has 0 aromatic heterocycles. The van der Waals surface area contributed by atoms with Gasteiger partial charge in [0.2, 0.25) is 11.8 Å². The molecule has 2 aromatic rings. The van der Waals surface area contributed by atoms with Gasteiger partial charge in [0.15, 0.2) is 6.04 Å². The van der Waals surface area contributed by atoms with Gasteiger partial charge >= 0.3 is 11.9 Å². The molecule has 3 atom stereocenters. The summed E-state index contributed by atoms with van der Waals surface area (Å²) in [6.45, 7) is 6.81. The number of hydrogen-bond donors (Lipinski definition) is 3. The smallest absolute Gasteiger partial charge is 0.332 e. The van der Waals surface area contributed by atoms with E-state index in [1.54, 1.807) is 18.2 Å². The van der Waals surface area contributed by atoms with Crippen LogP contribution in [0.1, 0.15) is 56.1 Å². The number of ether oxygens (including phenoxy) is 2. The number of allylic oxidation sites excluding steroid dienone is 2. The van der Waals surface area contributed by atoms with Gasteiger partial charge in [0.25, 0.3) is 0 Å². The second-order valence-electron chi connectivity index (χ2n) is 11.3. The molecule has 1 saturated carbocycles. The molecule has 0 aliphatic heterocycles. The summed E-state index contributed by atoms with van der Waals surface area (Å²) >= 11 is 0. The van der Waals surface area contributed by atoms with E-state index in [2.05, 4.69) is 23.8 Å². The molecule has 1 aliphatic rings. The number of benzene rings is 2. The molecule has 0 radical (unpaired) electrons. The molecule has 0 heterocycles. The van der Waals surface area contributed by atoms with Crippen molar-refractivity contribution in [1.82, 2.24) is 10.6 Å². The summed E-state index contributed by atoms with van der Waals surface area (Å²) in [7, 11) is 0. The fourth-order valence-electron chi connectivity index (χ4n) is 5.36. The Morgan fingerprint density at radius 2 is 1.43 bits per heavy atom. The molecule has 0 spiro atoms. The van der Waals surface area contributed by atoms with E-state index in [1.807, 2.05) is 48.5 Å². The molecule has 3 N–H and O–H groups in total. The van der Waals surface area contributed by atoms with E-state index in [1.165, 1.54) is 6.08 Å². The number of carbonyl (C=O) groups is 4. The monoisotopic (exact) mass is 604 g/mol. The Kier molecular flexibility index (Phi) is 13.8. The van der Waals surface area contributed by atoms with E-state index in [-0.39, 0.29) is 32.0 Å². The van der Waals surface area contributed by atoms with Gasteiger partial charge in [0.05, 0.1) is 24.0 Å². The van der Waals surface area contributed by atoms with Gasteiger partial charge in [-0.1, -0.05) is 85.7 Å². The number of amides is 2. The molecular weight excluding hydrogens is 560 g/mol. The molecule has 0 unspecified atom stereocenters. The standard InChI is InChI=1S/C35H44N2O7/c1-3-13-28(22-31(39)37-35(25-38)19-11-12-20-35)32(40)36-30(34(42)43-23-27-17-9-6-10-18-27)24-44-33(41)29(14-4-2)21-26-15-7-5-8-16-26/h3-10,15-18,28-30,38H,1-2,11-14,19-25H2,(H,36,40)(H,37,39)/t28-,29+,30-/m1/s1. The van der Waals surface area contributed by atoms with E-state index >= 15 is 0 Å². The van der Waals surface area contributed by atoms with Gasteiger partial charge < -0.3 is 25.2 Å². The second-order valence-corrected chi connectivity index (χ2v) is 11.3. The van der Waals surface area contributed by atoms with Crippen molar-refractivity contribution >= 4 is 23.8 Å². The minimum Gasteiger partial charge on any atom is -0.463 e. The third-order valence-corrected chi connectivity index (χ3v) is 7.85. The first kappa shape index (κ1) is 34.3. The molecule has 0 bridgehead atoms. The Hall–Kier alpha value is -4.24. The van der Waals surface area contributed by atoms with Crippen molar-refractivity contribution in [2.45, 2.75) is 69.6 Å². The van der Waals surface area contributed by atoms with Crippen molar-refractivity contribution in [2.75, 3.05) is 13.2 Å². The third-order valence-electron chi connectivity index (χ3n) is 7.85. The van der Waals surface area contributed by atoms with Crippen LogP contribution in [-0.2, 0) is 41.7 Å². The Labute approximate surface area is 259 Å². The van der Waals surface area contributed by atoms with E-state index in [4.69, 9.17) is 9.47 Å². The van der Waals surface area contributed by atoms with E-state index in [0.29, 0.717) is 25.7 Å². The topological polar surface area (TPSA) is 131 Å². The minimum absolute atomic E-state index is 0.0329. The molecule has 9 heteroatoms. The maximum Gasteiger partial charge on any atom is 0.332 e. The fourth-order valence-corrected chi connectivity index (χ4v) is 5.36. The molecule has 236 valence electrons. The first-order valence-corrected chi connectivity index (χ1v) is 15.1. The molecule has 2 amide bonds. The summed E-state index contributed by atoms with van der Waals surface area (Å²) in [6, 6.07) is 17.3. The van der Waals surface area contributed by atoms with Crippen LogP contribution < -0.4 is 10.6 Å². The minimum atomic E-state index is -1.30. The zero-order valence-corrected chi connectivity index (χ0v) is 25.2. The van der Waals surface area contributed by atoms with Crippen molar-refractivity contribution in [3.63, 3.8) is 0 Å². The van der Waals surface area contributed by atoms with Gasteiger partial charge in [-0.05, 0) is 43.2 Å². The lowest BCUT2D eigenvalue weighted by atomic mass is 9.95. The van der Waals surface area contributed by atoms with E-state index in [0.717, 1.165) is 24.0 Å². The first-order valence-electron chi connectivity index (χ1n) is 15.1. The van der Waals surface area contributed by atoms with Gasteiger partial charge in [0.1, 0.15) is 13.2 Å². The number of esters is 2. The normalized spacial score (nSPS) is 15.7. The first-order chi connectivity index (χ1) is 21.3. The molecule has 1 fully saturated rings. The molecule has 2 aromatic carbocycles.